The second kappa shape index (κ2) is 7.31. The lowest BCUT2D eigenvalue weighted by atomic mass is 9.79. The highest BCUT2D eigenvalue weighted by atomic mass is 32.3. The van der Waals surface area contributed by atoms with Crippen molar-refractivity contribution in [1.82, 2.24) is 0 Å². The zero-order valence-electron chi connectivity index (χ0n) is 18.1. The predicted molar refractivity (Wildman–Crippen MR) is 117 cm³/mol. The summed E-state index contributed by atoms with van der Waals surface area (Å²) in [6, 6.07) is 12.0. The monoisotopic (exact) mass is 390 g/mol. The number of benzene rings is 2. The molecule has 2 aromatic carbocycles. The molecule has 0 radical (unpaired) electrons. The van der Waals surface area contributed by atoms with E-state index in [9.17, 15) is 5.11 Å². The summed E-state index contributed by atoms with van der Waals surface area (Å²) < 4.78 is 11.8. The van der Waals surface area contributed by atoms with Crippen molar-refractivity contribution in [2.75, 3.05) is 19.6 Å². The molecule has 0 aliphatic carbocycles. The second-order valence-electron chi connectivity index (χ2n) is 9.36. The molecule has 0 spiro atoms. The molecule has 0 heterocycles. The molecule has 2 rings (SSSR count). The third-order valence-corrected chi connectivity index (χ3v) is 6.65. The van der Waals surface area contributed by atoms with Gasteiger partial charge in [0.05, 0.1) is 7.11 Å². The molecule has 0 fully saturated rings. The summed E-state index contributed by atoms with van der Waals surface area (Å²) >= 11 is 0. The van der Waals surface area contributed by atoms with Crippen molar-refractivity contribution in [3.8, 4) is 17.2 Å². The first-order valence-corrected chi connectivity index (χ1v) is 11.6. The molecule has 0 bridgehead atoms. The molecule has 27 heavy (non-hydrogen) atoms. The average molecular weight is 391 g/mol. The van der Waals surface area contributed by atoms with Crippen LogP contribution in [0.25, 0.3) is 0 Å². The summed E-state index contributed by atoms with van der Waals surface area (Å²) in [4.78, 5) is 1.14. The topological polar surface area (TPSA) is 38.7 Å². The number of phenols is 1. The van der Waals surface area contributed by atoms with Crippen LogP contribution in [0.2, 0.25) is 0 Å². The van der Waals surface area contributed by atoms with E-state index in [0.717, 1.165) is 27.5 Å². The fraction of sp³-hybridized carbons (Fsp3) is 0.478. The zero-order chi connectivity index (χ0) is 20.6. The highest BCUT2D eigenvalue weighted by Gasteiger charge is 2.28. The summed E-state index contributed by atoms with van der Waals surface area (Å²) in [5.74, 6) is 2.02. The third-order valence-electron chi connectivity index (χ3n) is 4.63. The Bertz CT molecular complexity index is 759. The maximum Gasteiger partial charge on any atom is 0.136 e. The van der Waals surface area contributed by atoms with Crippen molar-refractivity contribution in [1.29, 1.82) is 0 Å². The maximum absolute atomic E-state index is 10.9. The van der Waals surface area contributed by atoms with E-state index < -0.39 is 10.3 Å². The predicted octanol–water partition coefficient (Wildman–Crippen LogP) is 6.41. The highest BCUT2D eigenvalue weighted by Crippen LogP contribution is 2.52. The lowest BCUT2D eigenvalue weighted by Gasteiger charge is -2.34. The first-order chi connectivity index (χ1) is 12.3. The van der Waals surface area contributed by atoms with Crippen molar-refractivity contribution in [2.45, 2.75) is 57.3 Å². The fourth-order valence-corrected chi connectivity index (χ4v) is 4.46. The smallest absolute Gasteiger partial charge is 0.136 e. The number of rotatable bonds is 4. The molecule has 150 valence electrons. The van der Waals surface area contributed by atoms with E-state index >= 15 is 0 Å². The normalized spacial score (nSPS) is 13.4. The van der Waals surface area contributed by atoms with E-state index in [1.807, 2.05) is 24.3 Å². The molecule has 0 atom stereocenters. The van der Waals surface area contributed by atoms with Gasteiger partial charge in [0.1, 0.15) is 17.2 Å². The lowest BCUT2D eigenvalue weighted by Crippen LogP contribution is -2.18. The molecule has 1 N–H and O–H groups in total. The molecular weight excluding hydrogens is 356 g/mol. The zero-order valence-corrected chi connectivity index (χ0v) is 19.0. The van der Waals surface area contributed by atoms with Crippen LogP contribution in [0.15, 0.2) is 41.3 Å². The van der Waals surface area contributed by atoms with Crippen LogP contribution in [0, 0.1) is 0 Å². The standard InChI is InChI=1S/C23H34O3S/c1-22(2,3)19-14-17(15-20(21(19)24)23(4,5)6)26-27(8,9)18-12-10-16(25-7)11-13-18/h10-15,24H,1-9H3. The average Bonchev–Trinajstić information content (AvgIpc) is 2.54. The van der Waals surface area contributed by atoms with Gasteiger partial charge in [-0.1, -0.05) is 51.9 Å². The van der Waals surface area contributed by atoms with Crippen molar-refractivity contribution >= 4 is 10.3 Å². The van der Waals surface area contributed by atoms with Crippen LogP contribution in [0.3, 0.4) is 0 Å². The van der Waals surface area contributed by atoms with Crippen LogP contribution in [-0.4, -0.2) is 24.7 Å². The summed E-state index contributed by atoms with van der Waals surface area (Å²) in [7, 11) is 0.156. The SMILES string of the molecule is COc1ccc(S(C)(C)Oc2cc(C(C)(C)C)c(O)c(C(C)(C)C)c2)cc1. The molecule has 0 saturated carbocycles. The maximum atomic E-state index is 10.9. The van der Waals surface area contributed by atoms with E-state index in [0.29, 0.717) is 5.75 Å². The summed E-state index contributed by atoms with van der Waals surface area (Å²) in [6.07, 6.45) is 4.27. The van der Waals surface area contributed by atoms with Crippen molar-refractivity contribution in [2.24, 2.45) is 0 Å². The van der Waals surface area contributed by atoms with E-state index in [1.165, 1.54) is 0 Å². The number of phenolic OH excluding ortho intramolecular Hbond substituents is 1. The van der Waals surface area contributed by atoms with E-state index in [2.05, 4.69) is 66.2 Å². The Hall–Kier alpha value is -1.81. The minimum Gasteiger partial charge on any atom is -0.507 e. The molecule has 2 aromatic rings. The quantitative estimate of drug-likeness (QED) is 0.655. The fourth-order valence-electron chi connectivity index (χ4n) is 2.99. The van der Waals surface area contributed by atoms with Crippen LogP contribution in [-0.2, 0) is 10.8 Å². The van der Waals surface area contributed by atoms with Gasteiger partial charge >= 0.3 is 0 Å². The molecule has 3 nitrogen and oxygen atoms in total. The Morgan fingerprint density at radius 3 is 1.59 bits per heavy atom. The largest absolute Gasteiger partial charge is 0.507 e. The highest BCUT2D eigenvalue weighted by molar-refractivity contribution is 8.29. The first kappa shape index (κ1) is 21.5. The van der Waals surface area contributed by atoms with E-state index in [-0.39, 0.29) is 10.8 Å². The Morgan fingerprint density at radius 2 is 1.22 bits per heavy atom. The van der Waals surface area contributed by atoms with Crippen molar-refractivity contribution in [3.05, 3.63) is 47.5 Å². The van der Waals surface area contributed by atoms with E-state index in [4.69, 9.17) is 8.92 Å². The molecule has 0 saturated heterocycles. The number of methoxy groups -OCH3 is 1. The van der Waals surface area contributed by atoms with Crippen LogP contribution >= 0.6 is 10.3 Å². The second-order valence-corrected chi connectivity index (χ2v) is 12.5. The number of ether oxygens (including phenoxy) is 1. The first-order valence-electron chi connectivity index (χ1n) is 9.20. The number of hydrogen-bond donors (Lipinski definition) is 1. The van der Waals surface area contributed by atoms with Crippen LogP contribution in [0.1, 0.15) is 52.7 Å². The van der Waals surface area contributed by atoms with Gasteiger partial charge in [-0.05, 0) is 47.2 Å². The number of aromatic hydroxyl groups is 1. The van der Waals surface area contributed by atoms with Gasteiger partial charge in [0.25, 0.3) is 0 Å². The lowest BCUT2D eigenvalue weighted by molar-refractivity contribution is 0.414. The van der Waals surface area contributed by atoms with Gasteiger partial charge in [-0.15, -0.1) is 0 Å². The Kier molecular flexibility index (Phi) is 5.82. The molecule has 0 aromatic heterocycles. The molecule has 0 amide bonds. The molecule has 0 unspecified atom stereocenters. The summed E-state index contributed by atoms with van der Waals surface area (Å²) in [5, 5.41) is 10.9. The Balaban J connectivity index is 2.50. The van der Waals surface area contributed by atoms with Gasteiger partial charge in [0.15, 0.2) is 0 Å². The minimum absolute atomic E-state index is 0.178. The van der Waals surface area contributed by atoms with Crippen molar-refractivity contribution < 1.29 is 14.0 Å². The Labute approximate surface area is 166 Å². The molecule has 4 heteroatoms. The molecule has 0 aliphatic rings. The Morgan fingerprint density at radius 1 is 0.778 bits per heavy atom. The minimum atomic E-state index is -1.51. The van der Waals surface area contributed by atoms with E-state index in [1.54, 1.807) is 7.11 Å². The van der Waals surface area contributed by atoms with Crippen LogP contribution in [0.5, 0.6) is 17.2 Å². The van der Waals surface area contributed by atoms with Gasteiger partial charge in [0.2, 0.25) is 0 Å². The summed E-state index contributed by atoms with van der Waals surface area (Å²) in [5.41, 5.74) is 1.47. The molecular formula is C23H34O3S. The van der Waals surface area contributed by atoms with Crippen LogP contribution in [0.4, 0.5) is 0 Å². The van der Waals surface area contributed by atoms with Gasteiger partial charge in [0, 0.05) is 28.5 Å². The van der Waals surface area contributed by atoms with Crippen LogP contribution < -0.4 is 8.92 Å². The van der Waals surface area contributed by atoms with Gasteiger partial charge in [-0.2, -0.15) is 0 Å². The third kappa shape index (κ3) is 4.92. The van der Waals surface area contributed by atoms with Gasteiger partial charge < -0.3 is 14.0 Å². The van der Waals surface area contributed by atoms with Gasteiger partial charge in [-0.25, -0.2) is 0 Å². The molecule has 0 aliphatic heterocycles. The van der Waals surface area contributed by atoms with Gasteiger partial charge in [-0.3, -0.25) is 0 Å². The summed E-state index contributed by atoms with van der Waals surface area (Å²) in [6.45, 7) is 12.7. The van der Waals surface area contributed by atoms with Crippen molar-refractivity contribution in [3.63, 3.8) is 0 Å². The number of hydrogen-bond acceptors (Lipinski definition) is 3.